The van der Waals surface area contributed by atoms with Crippen molar-refractivity contribution in [1.29, 1.82) is 0 Å². The van der Waals surface area contributed by atoms with Crippen LogP contribution in [0.25, 0.3) is 0 Å². The molecule has 0 unspecified atom stereocenters. The van der Waals surface area contributed by atoms with E-state index >= 15 is 0 Å². The van der Waals surface area contributed by atoms with Crippen LogP contribution in [0.4, 0.5) is 5.69 Å². The van der Waals surface area contributed by atoms with Crippen molar-refractivity contribution < 1.29 is 9.53 Å². The van der Waals surface area contributed by atoms with Gasteiger partial charge in [-0.25, -0.2) is 4.68 Å². The normalized spacial score (nSPS) is 10.0. The fourth-order valence-corrected chi connectivity index (χ4v) is 1.59. The minimum atomic E-state index is -0.400. The van der Waals surface area contributed by atoms with Gasteiger partial charge in [-0.2, -0.15) is 5.10 Å². The lowest BCUT2D eigenvalue weighted by molar-refractivity contribution is -0.142. The minimum absolute atomic E-state index is 0.0423. The lowest BCUT2D eigenvalue weighted by Gasteiger charge is -2.09. The third-order valence-corrected chi connectivity index (χ3v) is 2.60. The Morgan fingerprint density at radius 3 is 3.05 bits per heavy atom. The maximum atomic E-state index is 11.8. The first kappa shape index (κ1) is 15.2. The van der Waals surface area contributed by atoms with E-state index in [1.165, 1.54) is 10.9 Å². The maximum absolute atomic E-state index is 11.8. The molecule has 7 heteroatoms. The van der Waals surface area contributed by atoms with Crippen molar-refractivity contribution in [1.82, 2.24) is 9.78 Å². The molecule has 0 aromatic carbocycles. The van der Waals surface area contributed by atoms with Gasteiger partial charge < -0.3 is 10.1 Å². The molecule has 1 rings (SSSR count). The molecule has 0 amide bonds. The summed E-state index contributed by atoms with van der Waals surface area (Å²) in [5.41, 5.74) is -0.000946. The number of anilines is 1. The van der Waals surface area contributed by atoms with Crippen LogP contribution in [0.5, 0.6) is 0 Å². The van der Waals surface area contributed by atoms with E-state index in [0.717, 1.165) is 0 Å². The number of carbonyl (C=O) groups is 1. The summed E-state index contributed by atoms with van der Waals surface area (Å²) in [6.45, 7) is 6.23. The van der Waals surface area contributed by atoms with Crippen LogP contribution in [0.1, 0.15) is 13.3 Å². The van der Waals surface area contributed by atoms with E-state index < -0.39 is 5.56 Å². The Bertz CT molecular complexity index is 513. The highest BCUT2D eigenvalue weighted by molar-refractivity contribution is 6.32. The topological polar surface area (TPSA) is 73.2 Å². The number of nitrogens with one attached hydrogen (secondary N) is 1. The lowest BCUT2D eigenvalue weighted by atomic mass is 10.4. The number of halogens is 1. The lowest BCUT2D eigenvalue weighted by Crippen LogP contribution is -2.24. The number of carbonyl (C=O) groups excluding carboxylic acids is 1. The van der Waals surface area contributed by atoms with Crippen LogP contribution in [0, 0.1) is 0 Å². The molecular weight excluding hydrogens is 270 g/mol. The van der Waals surface area contributed by atoms with Crippen molar-refractivity contribution in [3.05, 3.63) is 34.2 Å². The summed E-state index contributed by atoms with van der Waals surface area (Å²) in [4.78, 5) is 22.9. The zero-order chi connectivity index (χ0) is 14.3. The maximum Gasteiger partial charge on any atom is 0.307 e. The first-order valence-corrected chi connectivity index (χ1v) is 6.24. The van der Waals surface area contributed by atoms with Crippen molar-refractivity contribution in [2.24, 2.45) is 0 Å². The molecule has 6 nitrogen and oxygen atoms in total. The molecule has 1 N–H and O–H groups in total. The van der Waals surface area contributed by atoms with E-state index in [9.17, 15) is 9.59 Å². The zero-order valence-corrected chi connectivity index (χ0v) is 11.4. The van der Waals surface area contributed by atoms with Gasteiger partial charge in [-0.05, 0) is 6.92 Å². The second kappa shape index (κ2) is 7.58. The Morgan fingerprint density at radius 1 is 1.68 bits per heavy atom. The average molecular weight is 286 g/mol. The minimum Gasteiger partial charge on any atom is -0.466 e. The smallest absolute Gasteiger partial charge is 0.307 e. The SMILES string of the molecule is C=CCn1ncc(NCCC(=O)OCC)c(Cl)c1=O. The van der Waals surface area contributed by atoms with Crippen molar-refractivity contribution in [2.45, 2.75) is 19.9 Å². The summed E-state index contributed by atoms with van der Waals surface area (Å²) in [5.74, 6) is -0.306. The van der Waals surface area contributed by atoms with Gasteiger partial charge in [-0.15, -0.1) is 6.58 Å². The average Bonchev–Trinajstić information content (AvgIpc) is 2.38. The highest BCUT2D eigenvalue weighted by Crippen LogP contribution is 2.14. The van der Waals surface area contributed by atoms with Crippen LogP contribution < -0.4 is 10.9 Å². The van der Waals surface area contributed by atoms with Gasteiger partial charge in [0, 0.05) is 6.54 Å². The Kier molecular flexibility index (Phi) is 6.08. The molecule has 0 spiro atoms. The Balaban J connectivity index is 2.65. The van der Waals surface area contributed by atoms with Crippen molar-refractivity contribution in [3.8, 4) is 0 Å². The fraction of sp³-hybridized carbons (Fsp3) is 0.417. The molecule has 19 heavy (non-hydrogen) atoms. The van der Waals surface area contributed by atoms with Gasteiger partial charge in [-0.1, -0.05) is 17.7 Å². The van der Waals surface area contributed by atoms with Gasteiger partial charge in [0.1, 0.15) is 5.02 Å². The summed E-state index contributed by atoms with van der Waals surface area (Å²) in [7, 11) is 0. The summed E-state index contributed by atoms with van der Waals surface area (Å²) < 4.78 is 5.98. The first-order chi connectivity index (χ1) is 9.10. The van der Waals surface area contributed by atoms with Gasteiger partial charge in [0.15, 0.2) is 0 Å². The van der Waals surface area contributed by atoms with Crippen LogP contribution >= 0.6 is 11.6 Å². The van der Waals surface area contributed by atoms with E-state index in [2.05, 4.69) is 17.0 Å². The zero-order valence-electron chi connectivity index (χ0n) is 10.7. The third-order valence-electron chi connectivity index (χ3n) is 2.24. The predicted octanol–water partition coefficient (Wildman–Crippen LogP) is 1.45. The van der Waals surface area contributed by atoms with Crippen LogP contribution in [0.15, 0.2) is 23.6 Å². The molecule has 1 heterocycles. The predicted molar refractivity (Wildman–Crippen MR) is 73.4 cm³/mol. The number of esters is 1. The molecule has 0 fully saturated rings. The van der Waals surface area contributed by atoms with Crippen molar-refractivity contribution >= 4 is 23.3 Å². The number of hydrogen-bond donors (Lipinski definition) is 1. The van der Waals surface area contributed by atoms with Crippen LogP contribution in [0.2, 0.25) is 5.02 Å². The molecule has 1 aromatic heterocycles. The molecule has 1 aromatic rings. The number of nitrogens with zero attached hydrogens (tertiary/aromatic N) is 2. The Labute approximate surface area is 116 Å². The summed E-state index contributed by atoms with van der Waals surface area (Å²) in [6.07, 6.45) is 3.19. The van der Waals surface area contributed by atoms with Crippen LogP contribution in [-0.2, 0) is 16.1 Å². The number of rotatable bonds is 7. The first-order valence-electron chi connectivity index (χ1n) is 5.86. The number of ether oxygens (including phenoxy) is 1. The Morgan fingerprint density at radius 2 is 2.42 bits per heavy atom. The Hall–Kier alpha value is -1.82. The molecular formula is C12H16ClN3O3. The summed E-state index contributed by atoms with van der Waals surface area (Å²) >= 11 is 5.92. The van der Waals surface area contributed by atoms with Crippen molar-refractivity contribution in [2.75, 3.05) is 18.5 Å². The molecule has 0 atom stereocenters. The van der Waals surface area contributed by atoms with Crippen LogP contribution in [-0.4, -0.2) is 28.9 Å². The third kappa shape index (κ3) is 4.40. The second-order valence-electron chi connectivity index (χ2n) is 3.63. The summed E-state index contributed by atoms with van der Waals surface area (Å²) in [5, 5.41) is 6.85. The molecule has 0 bridgehead atoms. The summed E-state index contributed by atoms with van der Waals surface area (Å²) in [6, 6.07) is 0. The quantitative estimate of drug-likeness (QED) is 0.606. The molecule has 0 saturated heterocycles. The van der Waals surface area contributed by atoms with Crippen LogP contribution in [0.3, 0.4) is 0 Å². The van der Waals surface area contributed by atoms with E-state index in [1.54, 1.807) is 13.0 Å². The number of aromatic nitrogens is 2. The molecule has 104 valence electrons. The molecule has 0 aliphatic carbocycles. The highest BCUT2D eigenvalue weighted by Gasteiger charge is 2.09. The van der Waals surface area contributed by atoms with Gasteiger partial charge in [0.2, 0.25) is 0 Å². The fourth-order valence-electron chi connectivity index (χ4n) is 1.37. The molecule has 0 radical (unpaired) electrons. The van der Waals surface area contributed by atoms with E-state index in [-0.39, 0.29) is 17.4 Å². The van der Waals surface area contributed by atoms with E-state index in [4.69, 9.17) is 16.3 Å². The number of hydrogen-bond acceptors (Lipinski definition) is 5. The second-order valence-corrected chi connectivity index (χ2v) is 4.01. The number of allylic oxidation sites excluding steroid dienone is 1. The monoisotopic (exact) mass is 285 g/mol. The molecule has 0 saturated carbocycles. The van der Waals surface area contributed by atoms with Gasteiger partial charge in [-0.3, -0.25) is 9.59 Å². The van der Waals surface area contributed by atoms with Crippen molar-refractivity contribution in [3.63, 3.8) is 0 Å². The standard InChI is InChI=1S/C12H16ClN3O3/c1-3-7-16-12(18)11(13)9(8-15-16)14-6-5-10(17)19-4-2/h3,8,14H,1,4-7H2,2H3. The molecule has 0 aliphatic rings. The van der Waals surface area contributed by atoms with Gasteiger partial charge in [0.05, 0.1) is 31.5 Å². The van der Waals surface area contributed by atoms with E-state index in [0.29, 0.717) is 25.4 Å². The van der Waals surface area contributed by atoms with E-state index in [1.807, 2.05) is 0 Å². The largest absolute Gasteiger partial charge is 0.466 e. The van der Waals surface area contributed by atoms with Gasteiger partial charge in [0.25, 0.3) is 5.56 Å². The molecule has 0 aliphatic heterocycles. The van der Waals surface area contributed by atoms with Gasteiger partial charge >= 0.3 is 5.97 Å². The highest BCUT2D eigenvalue weighted by atomic mass is 35.5.